The molecule has 2 aliphatic heterocycles. The smallest absolute Gasteiger partial charge is 0.438 e. The zero-order valence-corrected chi connectivity index (χ0v) is 18.1. The van der Waals surface area contributed by atoms with Crippen molar-refractivity contribution in [1.29, 1.82) is 0 Å². The molecule has 0 spiro atoms. The molecule has 1 unspecified atom stereocenters. The van der Waals surface area contributed by atoms with Crippen molar-refractivity contribution in [2.75, 3.05) is 36.5 Å². The third kappa shape index (κ3) is 5.10. The van der Waals surface area contributed by atoms with Gasteiger partial charge in [0.1, 0.15) is 0 Å². The number of carbonyl (C=O) groups is 1. The molecule has 3 heterocycles. The Kier molecular flexibility index (Phi) is 6.98. The first kappa shape index (κ1) is 22.5. The summed E-state index contributed by atoms with van der Waals surface area (Å²) in [5.41, 5.74) is -0.927. The summed E-state index contributed by atoms with van der Waals surface area (Å²) >= 11 is 0. The second-order valence-electron chi connectivity index (χ2n) is 7.31. The highest BCUT2D eigenvalue weighted by molar-refractivity contribution is 7.80. The molecule has 0 bridgehead atoms. The maximum atomic E-state index is 12.1. The van der Waals surface area contributed by atoms with E-state index in [-0.39, 0.29) is 18.2 Å². The highest BCUT2D eigenvalue weighted by atomic mass is 32.3. The first-order valence-electron chi connectivity index (χ1n) is 10.3. The van der Waals surface area contributed by atoms with Gasteiger partial charge in [0.15, 0.2) is 5.60 Å². The van der Waals surface area contributed by atoms with Gasteiger partial charge >= 0.3 is 22.3 Å². The van der Waals surface area contributed by atoms with E-state index in [0.29, 0.717) is 25.3 Å². The van der Waals surface area contributed by atoms with Crippen molar-refractivity contribution in [2.24, 2.45) is 0 Å². The molecule has 168 valence electrons. The van der Waals surface area contributed by atoms with Crippen molar-refractivity contribution < 1.29 is 36.3 Å². The highest BCUT2D eigenvalue weighted by Gasteiger charge is 2.45. The molecule has 0 aromatic carbocycles. The van der Waals surface area contributed by atoms with Crippen LogP contribution >= 0.6 is 0 Å². The van der Waals surface area contributed by atoms with Gasteiger partial charge in [-0.05, 0) is 50.2 Å². The minimum atomic E-state index is -4.91. The number of hydrogen-bond donors (Lipinski definition) is 2. The molecule has 0 saturated carbocycles. The van der Waals surface area contributed by atoms with Crippen LogP contribution in [0.25, 0.3) is 0 Å². The lowest BCUT2D eigenvalue weighted by Gasteiger charge is -2.34. The van der Waals surface area contributed by atoms with Gasteiger partial charge in [-0.3, -0.25) is 4.55 Å². The van der Waals surface area contributed by atoms with Gasteiger partial charge < -0.3 is 14.4 Å². The number of amides is 1. The molecule has 12 heteroatoms. The molecular weight excluding hydrogens is 416 g/mol. The van der Waals surface area contributed by atoms with Gasteiger partial charge in [-0.2, -0.15) is 8.42 Å². The normalized spacial score (nSPS) is 22.0. The van der Waals surface area contributed by atoms with Crippen LogP contribution in [-0.4, -0.2) is 50.4 Å². The van der Waals surface area contributed by atoms with Crippen LogP contribution in [0.5, 0.6) is 0 Å². The summed E-state index contributed by atoms with van der Waals surface area (Å²) in [5, 5.41) is 2.50. The number of ether oxygens (including phenoxy) is 2. The van der Waals surface area contributed by atoms with Gasteiger partial charge in [0.05, 0.1) is 12.7 Å². The molecule has 0 radical (unpaired) electrons. The maximum Gasteiger partial charge on any atom is 0.476 e. The summed E-state index contributed by atoms with van der Waals surface area (Å²) < 4.78 is 49.3. The van der Waals surface area contributed by atoms with Gasteiger partial charge in [0, 0.05) is 19.7 Å². The van der Waals surface area contributed by atoms with E-state index in [0.717, 1.165) is 43.5 Å². The predicted molar refractivity (Wildman–Crippen MR) is 106 cm³/mol. The SMILES string of the molecule is CCOC(=O)Nc1cc(N2CCCC2)nc(C2(CC)CCCCO2)[n+]1OS(=O)(=O)O. The lowest BCUT2D eigenvalue weighted by molar-refractivity contribution is -0.857. The Labute approximate surface area is 176 Å². The lowest BCUT2D eigenvalue weighted by Crippen LogP contribution is -2.57. The monoisotopic (exact) mass is 445 g/mol. The summed E-state index contributed by atoms with van der Waals surface area (Å²) in [7, 11) is -4.91. The van der Waals surface area contributed by atoms with Crippen molar-refractivity contribution in [3.63, 3.8) is 0 Å². The van der Waals surface area contributed by atoms with Crippen LogP contribution in [0.1, 0.15) is 58.2 Å². The van der Waals surface area contributed by atoms with Crippen molar-refractivity contribution >= 4 is 28.1 Å². The van der Waals surface area contributed by atoms with Crippen molar-refractivity contribution in [3.8, 4) is 0 Å². The van der Waals surface area contributed by atoms with Gasteiger partial charge in [-0.1, -0.05) is 11.9 Å². The van der Waals surface area contributed by atoms with E-state index in [1.54, 1.807) is 6.92 Å². The van der Waals surface area contributed by atoms with Gasteiger partial charge in [-0.25, -0.2) is 14.4 Å². The quantitative estimate of drug-likeness (QED) is 0.474. The maximum absolute atomic E-state index is 12.1. The molecule has 11 nitrogen and oxygen atoms in total. The van der Waals surface area contributed by atoms with Crippen LogP contribution in [0.15, 0.2) is 6.07 Å². The second-order valence-corrected chi connectivity index (χ2v) is 8.32. The lowest BCUT2D eigenvalue weighted by atomic mass is 9.90. The Balaban J connectivity index is 2.18. The van der Waals surface area contributed by atoms with Crippen molar-refractivity contribution in [3.05, 3.63) is 11.9 Å². The molecule has 1 amide bonds. The second kappa shape index (κ2) is 9.31. The number of nitrogens with zero attached hydrogens (tertiary/aromatic N) is 3. The molecule has 3 rings (SSSR count). The first-order chi connectivity index (χ1) is 14.3. The number of nitrogens with one attached hydrogen (secondary N) is 1. The zero-order chi connectivity index (χ0) is 21.8. The largest absolute Gasteiger partial charge is 0.476 e. The minimum absolute atomic E-state index is 0.0278. The van der Waals surface area contributed by atoms with E-state index in [1.807, 2.05) is 11.8 Å². The van der Waals surface area contributed by atoms with E-state index in [2.05, 4.69) is 5.32 Å². The third-order valence-electron chi connectivity index (χ3n) is 5.33. The van der Waals surface area contributed by atoms with Crippen LogP contribution < -0.4 is 19.2 Å². The van der Waals surface area contributed by atoms with E-state index in [1.165, 1.54) is 6.07 Å². The Hall–Kier alpha value is -2.18. The molecule has 1 atom stereocenters. The molecule has 1 aromatic heterocycles. The Bertz CT molecular complexity index is 866. The van der Waals surface area contributed by atoms with E-state index in [9.17, 15) is 17.8 Å². The van der Waals surface area contributed by atoms with E-state index in [4.69, 9.17) is 18.7 Å². The average molecular weight is 446 g/mol. The summed E-state index contributed by atoms with van der Waals surface area (Å²) in [6.45, 7) is 5.74. The number of anilines is 2. The average Bonchev–Trinajstić information content (AvgIpc) is 3.23. The Morgan fingerprint density at radius 2 is 2.07 bits per heavy atom. The Morgan fingerprint density at radius 3 is 2.63 bits per heavy atom. The molecule has 30 heavy (non-hydrogen) atoms. The standard InChI is InChI=1S/C18H28N4O7S/c1-3-18(9-5-8-12-28-18)16-19-14(21-10-6-7-11-21)13-15(20-17(23)27-4-2)22(16)29-30(24,25)26/h13H,3-12H2,1-2H3,(H,24,25,26)/p+1. The highest BCUT2D eigenvalue weighted by Crippen LogP contribution is 2.37. The van der Waals surface area contributed by atoms with Gasteiger partial charge in [0.25, 0.3) is 5.82 Å². The fourth-order valence-electron chi connectivity index (χ4n) is 3.87. The van der Waals surface area contributed by atoms with Gasteiger partial charge in [-0.15, -0.1) is 0 Å². The number of carbonyl (C=O) groups excluding carboxylic acids is 1. The first-order valence-corrected chi connectivity index (χ1v) is 11.6. The summed E-state index contributed by atoms with van der Waals surface area (Å²) in [5.74, 6) is 0.699. The summed E-state index contributed by atoms with van der Waals surface area (Å²) in [6, 6.07) is 1.50. The van der Waals surface area contributed by atoms with Crippen molar-refractivity contribution in [2.45, 2.75) is 58.0 Å². The molecule has 2 fully saturated rings. The zero-order valence-electron chi connectivity index (χ0n) is 17.3. The third-order valence-corrected chi connectivity index (χ3v) is 5.67. The molecule has 0 aliphatic carbocycles. The van der Waals surface area contributed by atoms with Crippen LogP contribution in [0.4, 0.5) is 16.4 Å². The number of aromatic nitrogens is 2. The van der Waals surface area contributed by atoms with Crippen molar-refractivity contribution in [1.82, 2.24) is 4.98 Å². The Morgan fingerprint density at radius 1 is 1.33 bits per heavy atom. The molecule has 2 N–H and O–H groups in total. The molecule has 2 saturated heterocycles. The topological polar surface area (TPSA) is 131 Å². The molecule has 1 aromatic rings. The summed E-state index contributed by atoms with van der Waals surface area (Å²) in [4.78, 5) is 18.9. The van der Waals surface area contributed by atoms with Crippen LogP contribution in [-0.2, 0) is 25.5 Å². The van der Waals surface area contributed by atoms with Crippen LogP contribution in [0.3, 0.4) is 0 Å². The van der Waals surface area contributed by atoms with Crippen LogP contribution in [0, 0.1) is 0 Å². The molecule has 2 aliphatic rings. The van der Waals surface area contributed by atoms with Gasteiger partial charge in [0.2, 0.25) is 5.82 Å². The molecular formula is C18H29N4O7S+. The number of rotatable bonds is 7. The van der Waals surface area contributed by atoms with E-state index >= 15 is 0 Å². The minimum Gasteiger partial charge on any atom is -0.438 e. The van der Waals surface area contributed by atoms with Crippen LogP contribution in [0.2, 0.25) is 0 Å². The van der Waals surface area contributed by atoms with E-state index < -0.39 is 22.1 Å². The fraction of sp³-hybridized carbons (Fsp3) is 0.722. The summed E-state index contributed by atoms with van der Waals surface area (Å²) in [6.07, 6.45) is 4.04. The number of hydrogen-bond acceptors (Lipinski definition) is 8. The fourth-order valence-corrected chi connectivity index (χ4v) is 4.21. The predicted octanol–water partition coefficient (Wildman–Crippen LogP) is 1.57.